The first-order chi connectivity index (χ1) is 14.4. The summed E-state index contributed by atoms with van der Waals surface area (Å²) in [4.78, 5) is 17.6. The third-order valence-corrected chi connectivity index (χ3v) is 5.39. The number of amides is 1. The lowest BCUT2D eigenvalue weighted by atomic mass is 10.0. The summed E-state index contributed by atoms with van der Waals surface area (Å²) in [6.45, 7) is 6.54. The molecule has 0 saturated heterocycles. The fourth-order valence-electron chi connectivity index (χ4n) is 3.50. The third kappa shape index (κ3) is 4.10. The van der Waals surface area contributed by atoms with Gasteiger partial charge in [-0.05, 0) is 73.4 Å². The molecule has 2 aromatic heterocycles. The van der Waals surface area contributed by atoms with Crippen molar-refractivity contribution in [3.8, 4) is 11.3 Å². The zero-order chi connectivity index (χ0) is 21.3. The first-order valence-electron chi connectivity index (χ1n) is 9.97. The van der Waals surface area contributed by atoms with Gasteiger partial charge < -0.3 is 9.72 Å². The summed E-state index contributed by atoms with van der Waals surface area (Å²) in [5.41, 5.74) is 7.87. The molecule has 4 nitrogen and oxygen atoms in total. The van der Waals surface area contributed by atoms with Crippen LogP contribution in [0.25, 0.3) is 16.9 Å². The smallest absolute Gasteiger partial charge is 0.226 e. The van der Waals surface area contributed by atoms with Crippen molar-refractivity contribution in [2.75, 3.05) is 0 Å². The van der Waals surface area contributed by atoms with Gasteiger partial charge in [0, 0.05) is 18.3 Å². The van der Waals surface area contributed by atoms with E-state index in [0.29, 0.717) is 6.54 Å². The number of hydrogen-bond acceptors (Lipinski definition) is 2. The van der Waals surface area contributed by atoms with E-state index >= 15 is 0 Å². The summed E-state index contributed by atoms with van der Waals surface area (Å²) in [5, 5.41) is 2.93. The Hall–Kier alpha value is -3.47. The molecule has 0 radical (unpaired) electrons. The number of halogens is 1. The van der Waals surface area contributed by atoms with Gasteiger partial charge in [-0.25, -0.2) is 9.37 Å². The maximum absolute atomic E-state index is 13.1. The van der Waals surface area contributed by atoms with E-state index in [1.54, 1.807) is 12.1 Å². The average molecular weight is 401 g/mol. The first kappa shape index (κ1) is 19.8. The Morgan fingerprint density at radius 1 is 1.00 bits per heavy atom. The van der Waals surface area contributed by atoms with Gasteiger partial charge >= 0.3 is 0 Å². The normalized spacial score (nSPS) is 11.1. The molecule has 0 spiro atoms. The lowest BCUT2D eigenvalue weighted by molar-refractivity contribution is -0.120. The Balaban J connectivity index is 1.65. The number of hydrogen-bond donors (Lipinski definition) is 1. The van der Waals surface area contributed by atoms with Gasteiger partial charge in [0.25, 0.3) is 0 Å². The van der Waals surface area contributed by atoms with E-state index in [1.165, 1.54) is 23.3 Å². The van der Waals surface area contributed by atoms with Crippen molar-refractivity contribution < 1.29 is 9.18 Å². The van der Waals surface area contributed by atoms with E-state index in [-0.39, 0.29) is 18.1 Å². The minimum Gasteiger partial charge on any atom is -0.352 e. The minimum absolute atomic E-state index is 0.105. The van der Waals surface area contributed by atoms with Crippen LogP contribution in [0.3, 0.4) is 0 Å². The van der Waals surface area contributed by atoms with Crippen LogP contribution in [0.1, 0.15) is 27.9 Å². The summed E-state index contributed by atoms with van der Waals surface area (Å²) >= 11 is 0. The van der Waals surface area contributed by atoms with Crippen LogP contribution >= 0.6 is 0 Å². The molecule has 0 bridgehead atoms. The molecule has 0 unspecified atom stereocenters. The van der Waals surface area contributed by atoms with Crippen molar-refractivity contribution in [3.63, 3.8) is 0 Å². The molecular formula is C25H24FN3O. The molecular weight excluding hydrogens is 377 g/mol. The van der Waals surface area contributed by atoms with E-state index in [9.17, 15) is 9.18 Å². The molecule has 2 aromatic carbocycles. The quantitative estimate of drug-likeness (QED) is 0.516. The minimum atomic E-state index is -0.288. The van der Waals surface area contributed by atoms with Gasteiger partial charge in [0.1, 0.15) is 11.5 Å². The molecule has 2 heterocycles. The number of rotatable bonds is 5. The van der Waals surface area contributed by atoms with Crippen LogP contribution in [-0.4, -0.2) is 15.3 Å². The van der Waals surface area contributed by atoms with E-state index < -0.39 is 0 Å². The third-order valence-electron chi connectivity index (χ3n) is 5.39. The number of benzene rings is 2. The van der Waals surface area contributed by atoms with Gasteiger partial charge in [0.2, 0.25) is 5.91 Å². The molecule has 4 rings (SSSR count). The Labute approximate surface area is 175 Å². The highest BCUT2D eigenvalue weighted by atomic mass is 19.1. The molecule has 0 fully saturated rings. The Morgan fingerprint density at radius 3 is 2.50 bits per heavy atom. The largest absolute Gasteiger partial charge is 0.352 e. The van der Waals surface area contributed by atoms with Crippen LogP contribution in [0.5, 0.6) is 0 Å². The lowest BCUT2D eigenvalue weighted by Gasteiger charge is -2.09. The summed E-state index contributed by atoms with van der Waals surface area (Å²) in [7, 11) is 0. The molecule has 0 saturated carbocycles. The summed E-state index contributed by atoms with van der Waals surface area (Å²) in [6.07, 6.45) is 2.17. The topological polar surface area (TPSA) is 46.4 Å². The van der Waals surface area contributed by atoms with Gasteiger partial charge in [-0.3, -0.25) is 4.79 Å². The lowest BCUT2D eigenvalue weighted by Crippen LogP contribution is -2.25. The SMILES string of the molecule is Cc1ccn2c(CC(=O)NCc3ccc(F)cc3)c(-c3ccc(C)c(C)c3)nc2c1. The van der Waals surface area contributed by atoms with Crippen molar-refractivity contribution >= 4 is 11.6 Å². The number of pyridine rings is 1. The molecule has 0 aliphatic carbocycles. The summed E-state index contributed by atoms with van der Waals surface area (Å²) in [6, 6.07) is 16.4. The number of aromatic nitrogens is 2. The summed E-state index contributed by atoms with van der Waals surface area (Å²) in [5.74, 6) is -0.393. The fourth-order valence-corrected chi connectivity index (χ4v) is 3.50. The van der Waals surface area contributed by atoms with Gasteiger partial charge in [0.15, 0.2) is 0 Å². The van der Waals surface area contributed by atoms with Crippen LogP contribution in [0, 0.1) is 26.6 Å². The van der Waals surface area contributed by atoms with Crippen LogP contribution in [0.4, 0.5) is 4.39 Å². The summed E-state index contributed by atoms with van der Waals surface area (Å²) < 4.78 is 15.1. The van der Waals surface area contributed by atoms with E-state index in [2.05, 4.69) is 37.4 Å². The van der Waals surface area contributed by atoms with Crippen LogP contribution < -0.4 is 5.32 Å². The van der Waals surface area contributed by atoms with Crippen molar-refractivity contribution in [2.45, 2.75) is 33.7 Å². The number of aryl methyl sites for hydroxylation is 3. The van der Waals surface area contributed by atoms with Gasteiger partial charge in [-0.15, -0.1) is 0 Å². The molecule has 0 aliphatic heterocycles. The first-order valence-corrected chi connectivity index (χ1v) is 9.97. The van der Waals surface area contributed by atoms with Crippen molar-refractivity contribution in [1.82, 2.24) is 14.7 Å². The molecule has 5 heteroatoms. The molecule has 1 amide bonds. The predicted molar refractivity (Wildman–Crippen MR) is 117 cm³/mol. The number of carbonyl (C=O) groups excluding carboxylic acids is 1. The highest BCUT2D eigenvalue weighted by molar-refractivity contribution is 5.81. The number of nitrogens with one attached hydrogen (secondary N) is 1. The van der Waals surface area contributed by atoms with Gasteiger partial charge in [0.05, 0.1) is 17.8 Å². The maximum Gasteiger partial charge on any atom is 0.226 e. The molecule has 1 N–H and O–H groups in total. The number of fused-ring (bicyclic) bond motifs is 1. The Kier molecular flexibility index (Phi) is 5.36. The molecule has 0 atom stereocenters. The molecule has 0 aliphatic rings. The number of carbonyl (C=O) groups is 1. The average Bonchev–Trinajstić information content (AvgIpc) is 3.07. The molecule has 152 valence electrons. The number of imidazole rings is 1. The highest BCUT2D eigenvalue weighted by Crippen LogP contribution is 2.27. The van der Waals surface area contributed by atoms with Gasteiger partial charge in [-0.1, -0.05) is 24.3 Å². The second-order valence-electron chi connectivity index (χ2n) is 7.72. The zero-order valence-corrected chi connectivity index (χ0v) is 17.4. The van der Waals surface area contributed by atoms with Crippen LogP contribution in [-0.2, 0) is 17.8 Å². The van der Waals surface area contributed by atoms with Gasteiger partial charge in [-0.2, -0.15) is 0 Å². The monoisotopic (exact) mass is 401 g/mol. The second kappa shape index (κ2) is 8.11. The van der Waals surface area contributed by atoms with E-state index in [0.717, 1.165) is 33.7 Å². The van der Waals surface area contributed by atoms with Crippen molar-refractivity contribution in [1.29, 1.82) is 0 Å². The fraction of sp³-hybridized carbons (Fsp3) is 0.200. The Bertz CT molecular complexity index is 1230. The second-order valence-corrected chi connectivity index (χ2v) is 7.72. The zero-order valence-electron chi connectivity index (χ0n) is 17.4. The predicted octanol–water partition coefficient (Wildman–Crippen LogP) is 4.92. The standard InChI is InChI=1S/C25H24FN3O/c1-16-10-11-29-22(14-24(30)27-15-19-5-8-21(26)9-6-19)25(28-23(29)12-16)20-7-4-17(2)18(3)13-20/h4-13H,14-15H2,1-3H3,(H,27,30). The van der Waals surface area contributed by atoms with E-state index in [4.69, 9.17) is 4.98 Å². The number of nitrogens with zero attached hydrogens (tertiary/aromatic N) is 2. The van der Waals surface area contributed by atoms with Crippen molar-refractivity contribution in [3.05, 3.63) is 94.6 Å². The Morgan fingerprint density at radius 2 is 1.77 bits per heavy atom. The maximum atomic E-state index is 13.1. The molecule has 4 aromatic rings. The van der Waals surface area contributed by atoms with Crippen LogP contribution in [0.2, 0.25) is 0 Å². The van der Waals surface area contributed by atoms with Crippen molar-refractivity contribution in [2.24, 2.45) is 0 Å². The van der Waals surface area contributed by atoms with E-state index in [1.807, 2.05) is 29.7 Å². The van der Waals surface area contributed by atoms with Crippen LogP contribution in [0.15, 0.2) is 60.8 Å². The highest BCUT2D eigenvalue weighted by Gasteiger charge is 2.17. The molecule has 30 heavy (non-hydrogen) atoms.